The Hall–Kier alpha value is -3.05. The largest absolute Gasteiger partial charge is 0.396 e. The Morgan fingerprint density at radius 2 is 1.76 bits per heavy atom. The molecule has 33 heavy (non-hydrogen) atoms. The van der Waals surface area contributed by atoms with E-state index in [1.54, 1.807) is 0 Å². The molecule has 0 radical (unpaired) electrons. The van der Waals surface area contributed by atoms with Crippen LogP contribution < -0.4 is 0 Å². The zero-order valence-corrected chi connectivity index (χ0v) is 18.8. The molecule has 0 aromatic heterocycles. The van der Waals surface area contributed by atoms with E-state index in [-0.39, 0.29) is 24.0 Å². The van der Waals surface area contributed by atoms with Crippen LogP contribution in [0, 0.1) is 11.6 Å². The fourth-order valence-corrected chi connectivity index (χ4v) is 5.01. The number of hydrogen-bond donors (Lipinski definition) is 1. The molecule has 5 heteroatoms. The zero-order valence-electron chi connectivity index (χ0n) is 18.8. The molecular weight excluding hydrogens is 420 g/mol. The normalized spacial score (nSPS) is 19.5. The minimum atomic E-state index is -0.601. The lowest BCUT2D eigenvalue weighted by molar-refractivity contribution is -0.138. The van der Waals surface area contributed by atoms with Crippen LogP contribution in [-0.2, 0) is 10.2 Å². The van der Waals surface area contributed by atoms with Crippen molar-refractivity contribution in [1.29, 1.82) is 0 Å². The summed E-state index contributed by atoms with van der Waals surface area (Å²) in [6.07, 6.45) is 2.70. The van der Waals surface area contributed by atoms with Gasteiger partial charge in [0.2, 0.25) is 5.91 Å². The third kappa shape index (κ3) is 4.83. The topological polar surface area (TPSA) is 40.5 Å². The standard InChI is InChI=1S/C28H29F2NO2/c1-20(21-8-10-22(11-9-21)25-13-12-24(29)18-26(25)30)31-16-15-28(14-5-17-32,19-27(31)33)23-6-3-2-4-7-23/h2-4,6-13,18,20,32H,5,14-17,19H2,1H3/t20-,28?/m0/s1. The summed E-state index contributed by atoms with van der Waals surface area (Å²) in [5, 5.41) is 9.41. The molecule has 1 amide bonds. The molecule has 1 unspecified atom stereocenters. The third-order valence-corrected chi connectivity index (χ3v) is 6.94. The first-order valence-corrected chi connectivity index (χ1v) is 11.4. The number of amides is 1. The summed E-state index contributed by atoms with van der Waals surface area (Å²) in [5.74, 6) is -1.10. The van der Waals surface area contributed by atoms with Gasteiger partial charge in [0.05, 0.1) is 6.04 Å². The third-order valence-electron chi connectivity index (χ3n) is 6.94. The van der Waals surface area contributed by atoms with E-state index in [0.29, 0.717) is 30.5 Å². The molecule has 1 saturated heterocycles. The van der Waals surface area contributed by atoms with Crippen LogP contribution >= 0.6 is 0 Å². The lowest BCUT2D eigenvalue weighted by atomic mass is 9.69. The van der Waals surface area contributed by atoms with Crippen LogP contribution in [0.5, 0.6) is 0 Å². The minimum Gasteiger partial charge on any atom is -0.396 e. The Balaban J connectivity index is 1.51. The van der Waals surface area contributed by atoms with Gasteiger partial charge in [-0.3, -0.25) is 4.79 Å². The second-order valence-corrected chi connectivity index (χ2v) is 8.91. The van der Waals surface area contributed by atoms with Crippen LogP contribution in [0.4, 0.5) is 8.78 Å². The molecule has 1 aliphatic heterocycles. The lowest BCUT2D eigenvalue weighted by Crippen LogP contribution is -2.47. The van der Waals surface area contributed by atoms with Gasteiger partial charge >= 0.3 is 0 Å². The number of nitrogens with zero attached hydrogens (tertiary/aromatic N) is 1. The molecule has 3 aromatic carbocycles. The van der Waals surface area contributed by atoms with Crippen molar-refractivity contribution in [3.8, 4) is 11.1 Å². The first-order valence-electron chi connectivity index (χ1n) is 11.4. The summed E-state index contributed by atoms with van der Waals surface area (Å²) in [5.41, 5.74) is 2.89. The van der Waals surface area contributed by atoms with Crippen molar-refractivity contribution >= 4 is 5.91 Å². The van der Waals surface area contributed by atoms with Crippen molar-refractivity contribution in [2.45, 2.75) is 44.1 Å². The Bertz CT molecular complexity index is 1100. The van der Waals surface area contributed by atoms with Crippen molar-refractivity contribution in [3.05, 3.63) is 95.6 Å². The van der Waals surface area contributed by atoms with Gasteiger partial charge in [-0.1, -0.05) is 54.6 Å². The number of halogens is 2. The molecule has 0 aliphatic carbocycles. The number of benzene rings is 3. The van der Waals surface area contributed by atoms with E-state index in [9.17, 15) is 18.7 Å². The minimum absolute atomic E-state index is 0.101. The Morgan fingerprint density at radius 3 is 2.39 bits per heavy atom. The molecule has 4 rings (SSSR count). The van der Waals surface area contributed by atoms with Crippen molar-refractivity contribution in [1.82, 2.24) is 4.90 Å². The predicted octanol–water partition coefficient (Wildman–Crippen LogP) is 6.03. The Morgan fingerprint density at radius 1 is 1.03 bits per heavy atom. The summed E-state index contributed by atoms with van der Waals surface area (Å²) in [6, 6.07) is 21.0. The SMILES string of the molecule is C[C@@H](c1ccc(-c2ccc(F)cc2F)cc1)N1CCC(CCCO)(c2ccccc2)CC1=O. The van der Waals surface area contributed by atoms with Crippen molar-refractivity contribution in [3.63, 3.8) is 0 Å². The van der Waals surface area contributed by atoms with Gasteiger partial charge < -0.3 is 10.0 Å². The van der Waals surface area contributed by atoms with Gasteiger partial charge in [-0.05, 0) is 55.0 Å². The number of carbonyl (C=O) groups is 1. The second kappa shape index (κ2) is 9.84. The van der Waals surface area contributed by atoms with Crippen LogP contribution in [0.1, 0.15) is 49.8 Å². The highest BCUT2D eigenvalue weighted by atomic mass is 19.1. The van der Waals surface area contributed by atoms with Crippen molar-refractivity contribution < 1.29 is 18.7 Å². The molecule has 0 bridgehead atoms. The van der Waals surface area contributed by atoms with E-state index in [4.69, 9.17) is 0 Å². The smallest absolute Gasteiger partial charge is 0.223 e. The van der Waals surface area contributed by atoms with Crippen molar-refractivity contribution in [2.75, 3.05) is 13.2 Å². The molecule has 1 N–H and O–H groups in total. The number of aliphatic hydroxyl groups is 1. The molecule has 1 aliphatic rings. The Labute approximate surface area is 193 Å². The highest BCUT2D eigenvalue weighted by molar-refractivity contribution is 5.79. The summed E-state index contributed by atoms with van der Waals surface area (Å²) >= 11 is 0. The van der Waals surface area contributed by atoms with Gasteiger partial charge in [-0.25, -0.2) is 8.78 Å². The fraction of sp³-hybridized carbons (Fsp3) is 0.321. The van der Waals surface area contributed by atoms with Crippen LogP contribution in [-0.4, -0.2) is 29.1 Å². The van der Waals surface area contributed by atoms with E-state index in [2.05, 4.69) is 12.1 Å². The second-order valence-electron chi connectivity index (χ2n) is 8.91. The van der Waals surface area contributed by atoms with Crippen LogP contribution in [0.15, 0.2) is 72.8 Å². The maximum atomic E-state index is 14.1. The van der Waals surface area contributed by atoms with E-state index < -0.39 is 11.6 Å². The highest BCUT2D eigenvalue weighted by Crippen LogP contribution is 2.42. The summed E-state index contributed by atoms with van der Waals surface area (Å²) in [6.45, 7) is 2.76. The van der Waals surface area contributed by atoms with E-state index in [1.807, 2.05) is 54.3 Å². The number of hydrogen-bond acceptors (Lipinski definition) is 2. The van der Waals surface area contributed by atoms with E-state index >= 15 is 0 Å². The van der Waals surface area contributed by atoms with Gasteiger partial charge in [-0.15, -0.1) is 0 Å². The van der Waals surface area contributed by atoms with Gasteiger partial charge in [0.15, 0.2) is 0 Å². The van der Waals surface area contributed by atoms with Crippen LogP contribution in [0.3, 0.4) is 0 Å². The average molecular weight is 450 g/mol. The molecule has 0 spiro atoms. The summed E-state index contributed by atoms with van der Waals surface area (Å²) in [4.78, 5) is 15.2. The molecule has 2 atom stereocenters. The Kier molecular flexibility index (Phi) is 6.89. The van der Waals surface area contributed by atoms with Crippen LogP contribution in [0.2, 0.25) is 0 Å². The molecule has 0 saturated carbocycles. The van der Waals surface area contributed by atoms with Gasteiger partial charge in [0.1, 0.15) is 11.6 Å². The number of carbonyl (C=O) groups excluding carboxylic acids is 1. The van der Waals surface area contributed by atoms with Crippen molar-refractivity contribution in [2.24, 2.45) is 0 Å². The first-order chi connectivity index (χ1) is 15.9. The maximum Gasteiger partial charge on any atom is 0.223 e. The lowest BCUT2D eigenvalue weighted by Gasteiger charge is -2.44. The molecule has 3 aromatic rings. The maximum absolute atomic E-state index is 14.1. The average Bonchev–Trinajstić information content (AvgIpc) is 2.83. The first kappa shape index (κ1) is 23.1. The summed E-state index contributed by atoms with van der Waals surface area (Å²) < 4.78 is 27.3. The molecule has 1 heterocycles. The molecule has 1 fully saturated rings. The van der Waals surface area contributed by atoms with Gasteiger partial charge in [0.25, 0.3) is 0 Å². The zero-order chi connectivity index (χ0) is 23.4. The molecular formula is C28H29F2NO2. The van der Waals surface area contributed by atoms with E-state index in [1.165, 1.54) is 12.1 Å². The fourth-order valence-electron chi connectivity index (χ4n) is 5.01. The number of likely N-dealkylation sites (tertiary alicyclic amines) is 1. The van der Waals surface area contributed by atoms with Crippen LogP contribution in [0.25, 0.3) is 11.1 Å². The summed E-state index contributed by atoms with van der Waals surface area (Å²) in [7, 11) is 0. The highest BCUT2D eigenvalue weighted by Gasteiger charge is 2.41. The number of rotatable bonds is 7. The number of aliphatic hydroxyl groups excluding tert-OH is 1. The van der Waals surface area contributed by atoms with Gasteiger partial charge in [-0.2, -0.15) is 0 Å². The molecule has 172 valence electrons. The predicted molar refractivity (Wildman–Crippen MR) is 126 cm³/mol. The monoisotopic (exact) mass is 449 g/mol. The van der Waals surface area contributed by atoms with E-state index in [0.717, 1.165) is 30.0 Å². The quantitative estimate of drug-likeness (QED) is 0.479. The molecule has 3 nitrogen and oxygen atoms in total. The van der Waals surface area contributed by atoms with Gasteiger partial charge in [0, 0.05) is 36.6 Å². The number of piperidine rings is 1.